The second-order valence-corrected chi connectivity index (χ2v) is 10.2. The fourth-order valence-electron chi connectivity index (χ4n) is 4.09. The second kappa shape index (κ2) is 11.1. The maximum Gasteiger partial charge on any atom is 0.416 e. The second-order valence-electron chi connectivity index (χ2n) is 8.58. The minimum Gasteiger partial charge on any atom is -0.348 e. The third kappa shape index (κ3) is 5.83. The van der Waals surface area contributed by atoms with E-state index >= 15 is 0 Å². The summed E-state index contributed by atoms with van der Waals surface area (Å²) in [6.45, 7) is 1.71. The summed E-state index contributed by atoms with van der Waals surface area (Å²) < 4.78 is 46.8. The maximum atomic E-state index is 13.6. The number of nitrogens with one attached hydrogen (secondary N) is 1. The number of rotatable bonds is 6. The molecule has 39 heavy (non-hydrogen) atoms. The number of aryl methyl sites for hydroxylation is 1. The number of carbonyl (C=O) groups is 1. The van der Waals surface area contributed by atoms with Gasteiger partial charge in [0.15, 0.2) is 0 Å². The fraction of sp³-hybridized carbons (Fsp3) is 0.185. The molecule has 200 valence electrons. The van der Waals surface area contributed by atoms with Crippen LogP contribution in [0.2, 0.25) is 0 Å². The number of nitrogens with zero attached hydrogens (tertiary/aromatic N) is 5. The van der Waals surface area contributed by atoms with Crippen LogP contribution in [0.25, 0.3) is 16.9 Å². The van der Waals surface area contributed by atoms with Crippen molar-refractivity contribution in [2.45, 2.75) is 24.5 Å². The van der Waals surface area contributed by atoms with Crippen molar-refractivity contribution in [2.75, 3.05) is 6.26 Å². The van der Waals surface area contributed by atoms with Crippen molar-refractivity contribution in [1.29, 1.82) is 5.26 Å². The standard InChI is InChI=1S/C27H23F3N6O2S/c1-17-22(24-11-12-33-35(24)2)14-23(26(38)36(17)20-6-4-5-19(13-20)27(28,29)30)25(37)32-15-18-7-9-21(10-8-18)39(3)34-16-31/h4-14H,15H2,1-3H3,(H,32,37). The number of halogens is 3. The summed E-state index contributed by atoms with van der Waals surface area (Å²) in [7, 11) is 1.10. The maximum absolute atomic E-state index is 13.6. The van der Waals surface area contributed by atoms with E-state index in [4.69, 9.17) is 5.26 Å². The van der Waals surface area contributed by atoms with Crippen LogP contribution < -0.4 is 10.9 Å². The third-order valence-corrected chi connectivity index (χ3v) is 7.43. The number of benzene rings is 2. The summed E-state index contributed by atoms with van der Waals surface area (Å²) in [6, 6.07) is 14.7. The molecule has 8 nitrogen and oxygen atoms in total. The van der Waals surface area contributed by atoms with Gasteiger partial charge in [0.2, 0.25) is 6.19 Å². The predicted molar refractivity (Wildman–Crippen MR) is 141 cm³/mol. The molecule has 1 atom stereocenters. The lowest BCUT2D eigenvalue weighted by Crippen LogP contribution is -2.33. The monoisotopic (exact) mass is 552 g/mol. The first kappa shape index (κ1) is 27.5. The first-order valence-electron chi connectivity index (χ1n) is 11.6. The minimum atomic E-state index is -4.61. The first-order valence-corrected chi connectivity index (χ1v) is 13.2. The summed E-state index contributed by atoms with van der Waals surface area (Å²) in [5.74, 6) is -0.678. The Morgan fingerprint density at radius 3 is 2.49 bits per heavy atom. The van der Waals surface area contributed by atoms with Crippen molar-refractivity contribution in [1.82, 2.24) is 19.7 Å². The molecule has 0 bridgehead atoms. The van der Waals surface area contributed by atoms with Crippen LogP contribution in [-0.4, -0.2) is 26.5 Å². The normalized spacial score (nSPS) is 12.2. The Balaban J connectivity index is 1.75. The van der Waals surface area contributed by atoms with Gasteiger partial charge in [-0.25, -0.2) is 0 Å². The molecule has 0 aliphatic carbocycles. The summed E-state index contributed by atoms with van der Waals surface area (Å²) in [4.78, 5) is 27.7. The zero-order valence-corrected chi connectivity index (χ0v) is 22.0. The van der Waals surface area contributed by atoms with Gasteiger partial charge < -0.3 is 5.32 Å². The van der Waals surface area contributed by atoms with E-state index in [-0.39, 0.29) is 17.8 Å². The number of pyridine rings is 1. The van der Waals surface area contributed by atoms with E-state index < -0.39 is 33.9 Å². The summed E-state index contributed by atoms with van der Waals surface area (Å²) >= 11 is 0. The number of hydrogen-bond acceptors (Lipinski definition) is 5. The molecular formula is C27H23F3N6O2S. The van der Waals surface area contributed by atoms with Crippen LogP contribution in [0.15, 0.2) is 80.9 Å². The summed E-state index contributed by atoms with van der Waals surface area (Å²) in [5.41, 5.74) is 0.245. The van der Waals surface area contributed by atoms with Crippen molar-refractivity contribution in [3.63, 3.8) is 0 Å². The van der Waals surface area contributed by atoms with Crippen LogP contribution in [0.1, 0.15) is 27.2 Å². The van der Waals surface area contributed by atoms with Crippen LogP contribution in [0, 0.1) is 18.4 Å². The Morgan fingerprint density at radius 2 is 1.87 bits per heavy atom. The highest BCUT2D eigenvalue weighted by molar-refractivity contribution is 7.86. The number of carbonyl (C=O) groups excluding carboxylic acids is 1. The number of hydrogen-bond donors (Lipinski definition) is 1. The Morgan fingerprint density at radius 1 is 1.15 bits per heavy atom. The fourth-order valence-corrected chi connectivity index (χ4v) is 4.85. The van der Waals surface area contributed by atoms with E-state index in [1.807, 2.05) is 6.26 Å². The number of aromatic nitrogens is 3. The van der Waals surface area contributed by atoms with Crippen LogP contribution in [0.3, 0.4) is 0 Å². The molecule has 4 rings (SSSR count). The van der Waals surface area contributed by atoms with Crippen molar-refractivity contribution >= 4 is 16.6 Å². The third-order valence-electron chi connectivity index (χ3n) is 6.12. The topological polar surface area (TPSA) is 105 Å². The van der Waals surface area contributed by atoms with Gasteiger partial charge >= 0.3 is 6.18 Å². The average molecular weight is 553 g/mol. The molecule has 1 unspecified atom stereocenters. The lowest BCUT2D eigenvalue weighted by molar-refractivity contribution is -0.137. The van der Waals surface area contributed by atoms with Gasteiger partial charge in [-0.05, 0) is 61.2 Å². The van der Waals surface area contributed by atoms with E-state index in [0.29, 0.717) is 17.0 Å². The largest absolute Gasteiger partial charge is 0.416 e. The number of nitriles is 1. The summed E-state index contributed by atoms with van der Waals surface area (Å²) in [6.07, 6.45) is 0.530. The number of amides is 1. The van der Waals surface area contributed by atoms with Crippen LogP contribution in [0.5, 0.6) is 0 Å². The molecule has 2 aromatic carbocycles. The minimum absolute atomic E-state index is 0.0151. The highest BCUT2D eigenvalue weighted by Crippen LogP contribution is 2.31. The van der Waals surface area contributed by atoms with Crippen LogP contribution in [-0.2, 0) is 30.5 Å². The molecule has 0 aliphatic heterocycles. The van der Waals surface area contributed by atoms with Gasteiger partial charge in [-0.2, -0.15) is 23.5 Å². The Bertz CT molecular complexity index is 1680. The van der Waals surface area contributed by atoms with Gasteiger partial charge in [-0.1, -0.05) is 28.9 Å². The average Bonchev–Trinajstić information content (AvgIpc) is 3.33. The highest BCUT2D eigenvalue weighted by atomic mass is 32.2. The predicted octanol–water partition coefficient (Wildman–Crippen LogP) is 4.77. The molecule has 0 spiro atoms. The SMILES string of the molecule is Cc1c(-c2ccnn2C)cc(C(=O)NCc2ccc(/S(C)=N\C#N)cc2)c(=O)n1-c1cccc(C(F)(F)F)c1. The number of alkyl halides is 3. The molecule has 12 heteroatoms. The first-order chi connectivity index (χ1) is 18.5. The Labute approximate surface area is 224 Å². The smallest absolute Gasteiger partial charge is 0.348 e. The van der Waals surface area contributed by atoms with Crippen molar-refractivity contribution in [3.8, 4) is 23.1 Å². The molecule has 0 aliphatic rings. The van der Waals surface area contributed by atoms with E-state index in [0.717, 1.165) is 27.2 Å². The zero-order valence-electron chi connectivity index (χ0n) is 21.2. The van der Waals surface area contributed by atoms with Gasteiger partial charge in [-0.15, -0.1) is 4.36 Å². The molecule has 2 aromatic heterocycles. The lowest BCUT2D eigenvalue weighted by atomic mass is 10.1. The highest BCUT2D eigenvalue weighted by Gasteiger charge is 2.31. The van der Waals surface area contributed by atoms with Gasteiger partial charge in [0.1, 0.15) is 5.56 Å². The molecule has 1 N–H and O–H groups in total. The quantitative estimate of drug-likeness (QED) is 0.348. The van der Waals surface area contributed by atoms with Crippen LogP contribution in [0.4, 0.5) is 13.2 Å². The summed E-state index contributed by atoms with van der Waals surface area (Å²) in [5, 5.41) is 15.6. The van der Waals surface area contributed by atoms with E-state index in [1.54, 1.807) is 61.4 Å². The molecule has 0 fully saturated rings. The van der Waals surface area contributed by atoms with Crippen molar-refractivity contribution in [3.05, 3.63) is 99.6 Å². The Kier molecular flexibility index (Phi) is 7.83. The van der Waals surface area contributed by atoms with Gasteiger partial charge in [-0.3, -0.25) is 18.8 Å². The van der Waals surface area contributed by atoms with E-state index in [2.05, 4.69) is 14.8 Å². The lowest BCUT2D eigenvalue weighted by Gasteiger charge is -2.18. The van der Waals surface area contributed by atoms with E-state index in [1.165, 1.54) is 18.2 Å². The molecule has 4 aromatic rings. The van der Waals surface area contributed by atoms with Crippen molar-refractivity contribution in [2.24, 2.45) is 11.4 Å². The molecule has 1 amide bonds. The van der Waals surface area contributed by atoms with Gasteiger partial charge in [0.25, 0.3) is 11.5 Å². The van der Waals surface area contributed by atoms with Gasteiger partial charge in [0, 0.05) is 41.6 Å². The molecule has 0 saturated heterocycles. The van der Waals surface area contributed by atoms with E-state index in [9.17, 15) is 22.8 Å². The molecule has 0 radical (unpaired) electrons. The zero-order chi connectivity index (χ0) is 28.3. The van der Waals surface area contributed by atoms with Gasteiger partial charge in [0.05, 0.1) is 11.3 Å². The molecule has 2 heterocycles. The Hall–Kier alpha value is -4.50. The van der Waals surface area contributed by atoms with Crippen molar-refractivity contribution < 1.29 is 18.0 Å². The molecular weight excluding hydrogens is 529 g/mol. The van der Waals surface area contributed by atoms with Crippen LogP contribution >= 0.6 is 0 Å². The molecule has 0 saturated carbocycles.